The molecule has 0 radical (unpaired) electrons. The molecule has 1 N–H and O–H groups in total. The van der Waals surface area contributed by atoms with E-state index in [-0.39, 0.29) is 18.4 Å². The molecule has 0 spiro atoms. The Bertz CT molecular complexity index is 1050. The number of rotatable bonds is 6. The van der Waals surface area contributed by atoms with Gasteiger partial charge in [-0.15, -0.1) is 0 Å². The molecule has 30 heavy (non-hydrogen) atoms. The number of fused-ring (bicyclic) bond motifs is 1. The first-order valence-corrected chi connectivity index (χ1v) is 9.91. The molecule has 2 aromatic carbocycles. The van der Waals surface area contributed by atoms with E-state index in [0.717, 1.165) is 28.3 Å². The minimum atomic E-state index is -0.124. The molecule has 0 bridgehead atoms. The van der Waals surface area contributed by atoms with Crippen molar-refractivity contribution in [1.82, 2.24) is 10.3 Å². The first-order chi connectivity index (χ1) is 14.6. The number of carbonyl (C=O) groups is 2. The smallest absolute Gasteiger partial charge is 0.265 e. The average molecular weight is 401 g/mol. The van der Waals surface area contributed by atoms with E-state index < -0.39 is 0 Å². The fraction of sp³-hybridized carbons (Fsp3) is 0.208. The summed E-state index contributed by atoms with van der Waals surface area (Å²) < 4.78 is 5.56. The van der Waals surface area contributed by atoms with Crippen LogP contribution in [0, 0.1) is 6.92 Å². The van der Waals surface area contributed by atoms with Crippen LogP contribution in [0.3, 0.4) is 0 Å². The molecule has 152 valence electrons. The summed E-state index contributed by atoms with van der Waals surface area (Å²) in [6, 6.07) is 18.9. The van der Waals surface area contributed by atoms with Gasteiger partial charge in [0.25, 0.3) is 11.8 Å². The number of anilines is 1. The second-order valence-electron chi connectivity index (χ2n) is 7.26. The molecule has 1 aromatic heterocycles. The molecule has 4 rings (SSSR count). The normalized spacial score (nSPS) is 12.8. The highest BCUT2D eigenvalue weighted by atomic mass is 16.5. The molecular weight excluding hydrogens is 378 g/mol. The molecule has 0 atom stereocenters. The average Bonchev–Trinajstić information content (AvgIpc) is 2.77. The van der Waals surface area contributed by atoms with Gasteiger partial charge in [0.05, 0.1) is 12.2 Å². The molecular formula is C24H23N3O3. The van der Waals surface area contributed by atoms with Crippen LogP contribution in [0.15, 0.2) is 66.9 Å². The molecule has 0 aliphatic carbocycles. The molecule has 3 aromatic rings. The van der Waals surface area contributed by atoms with E-state index >= 15 is 0 Å². The van der Waals surface area contributed by atoms with Crippen LogP contribution in [-0.2, 0) is 17.8 Å². The molecule has 0 saturated carbocycles. The van der Waals surface area contributed by atoms with Crippen molar-refractivity contribution in [2.75, 3.05) is 18.1 Å². The van der Waals surface area contributed by atoms with Crippen LogP contribution in [0.25, 0.3) is 0 Å². The Morgan fingerprint density at radius 1 is 1.13 bits per heavy atom. The van der Waals surface area contributed by atoms with Crippen molar-refractivity contribution in [3.63, 3.8) is 0 Å². The van der Waals surface area contributed by atoms with Gasteiger partial charge in [0.1, 0.15) is 5.75 Å². The number of amides is 2. The fourth-order valence-corrected chi connectivity index (χ4v) is 3.38. The van der Waals surface area contributed by atoms with E-state index in [0.29, 0.717) is 25.1 Å². The number of hydrogen-bond donors (Lipinski definition) is 1. The van der Waals surface area contributed by atoms with Crippen molar-refractivity contribution in [2.45, 2.75) is 19.9 Å². The van der Waals surface area contributed by atoms with E-state index in [1.807, 2.05) is 55.5 Å². The first-order valence-electron chi connectivity index (χ1n) is 9.91. The maximum Gasteiger partial charge on any atom is 0.265 e. The number of hydrogen-bond acceptors (Lipinski definition) is 4. The number of carbonyl (C=O) groups excluding carboxylic acids is 2. The zero-order valence-electron chi connectivity index (χ0n) is 16.8. The van der Waals surface area contributed by atoms with Crippen LogP contribution >= 0.6 is 0 Å². The van der Waals surface area contributed by atoms with E-state index in [1.165, 1.54) is 0 Å². The van der Waals surface area contributed by atoms with Crippen molar-refractivity contribution in [3.05, 3.63) is 89.2 Å². The molecule has 6 nitrogen and oxygen atoms in total. The number of aryl methyl sites for hydroxylation is 1. The number of pyridine rings is 1. The topological polar surface area (TPSA) is 71.5 Å². The van der Waals surface area contributed by atoms with Gasteiger partial charge < -0.3 is 15.0 Å². The van der Waals surface area contributed by atoms with E-state index in [1.54, 1.807) is 23.2 Å². The van der Waals surface area contributed by atoms with Gasteiger partial charge in [0.15, 0.2) is 6.61 Å². The van der Waals surface area contributed by atoms with Crippen molar-refractivity contribution in [1.29, 1.82) is 0 Å². The Kier molecular flexibility index (Phi) is 5.75. The Morgan fingerprint density at radius 2 is 1.97 bits per heavy atom. The number of benzene rings is 2. The Morgan fingerprint density at radius 3 is 2.73 bits per heavy atom. The van der Waals surface area contributed by atoms with Gasteiger partial charge in [-0.05, 0) is 54.4 Å². The Labute approximate surface area is 175 Å². The molecule has 1 aliphatic heterocycles. The largest absolute Gasteiger partial charge is 0.482 e. The van der Waals surface area contributed by atoms with Gasteiger partial charge in [0, 0.05) is 30.4 Å². The maximum absolute atomic E-state index is 12.4. The highest BCUT2D eigenvalue weighted by Crippen LogP contribution is 2.33. The second kappa shape index (κ2) is 8.78. The van der Waals surface area contributed by atoms with Gasteiger partial charge in [-0.1, -0.05) is 24.3 Å². The van der Waals surface area contributed by atoms with Crippen molar-refractivity contribution >= 4 is 17.5 Å². The van der Waals surface area contributed by atoms with E-state index in [4.69, 9.17) is 4.74 Å². The first kappa shape index (κ1) is 19.6. The predicted molar refractivity (Wildman–Crippen MR) is 115 cm³/mol. The minimum Gasteiger partial charge on any atom is -0.482 e. The van der Waals surface area contributed by atoms with Crippen LogP contribution in [0.2, 0.25) is 0 Å². The zero-order valence-corrected chi connectivity index (χ0v) is 16.8. The van der Waals surface area contributed by atoms with Crippen LogP contribution < -0.4 is 15.0 Å². The number of nitrogens with zero attached hydrogens (tertiary/aromatic N) is 2. The van der Waals surface area contributed by atoms with Crippen LogP contribution in [-0.4, -0.2) is 29.9 Å². The SMILES string of the molecule is Cc1ccc2c(c1)OCC(=O)N2Cc1ccc(C(=O)NCCc2ccccn2)cc1. The lowest BCUT2D eigenvalue weighted by atomic mass is 10.1. The number of ether oxygens (including phenoxy) is 1. The molecule has 2 amide bonds. The Hall–Kier alpha value is -3.67. The summed E-state index contributed by atoms with van der Waals surface area (Å²) in [7, 11) is 0. The molecule has 0 fully saturated rings. The number of nitrogens with one attached hydrogen (secondary N) is 1. The van der Waals surface area contributed by atoms with Gasteiger partial charge in [-0.2, -0.15) is 0 Å². The third-order valence-corrected chi connectivity index (χ3v) is 5.01. The predicted octanol–water partition coefficient (Wildman–Crippen LogP) is 3.29. The maximum atomic E-state index is 12.4. The molecule has 1 aliphatic rings. The monoisotopic (exact) mass is 401 g/mol. The number of aromatic nitrogens is 1. The standard InChI is InChI=1S/C24H23N3O3/c1-17-5-10-21-22(14-17)30-16-23(28)27(21)15-18-6-8-19(9-7-18)24(29)26-13-11-20-4-2-3-12-25-20/h2-10,12,14H,11,13,15-16H2,1H3,(H,26,29). The van der Waals surface area contributed by atoms with Gasteiger partial charge >= 0.3 is 0 Å². The summed E-state index contributed by atoms with van der Waals surface area (Å²) in [5, 5.41) is 2.91. The summed E-state index contributed by atoms with van der Waals surface area (Å²) in [4.78, 5) is 30.7. The summed E-state index contributed by atoms with van der Waals surface area (Å²) in [6.45, 7) is 2.98. The summed E-state index contributed by atoms with van der Waals surface area (Å²) in [5.41, 5.74) is 4.33. The lowest BCUT2D eigenvalue weighted by Gasteiger charge is -2.29. The highest BCUT2D eigenvalue weighted by molar-refractivity contribution is 5.98. The van der Waals surface area contributed by atoms with Crippen molar-refractivity contribution in [2.24, 2.45) is 0 Å². The molecule has 0 unspecified atom stereocenters. The van der Waals surface area contributed by atoms with Crippen LogP contribution in [0.5, 0.6) is 5.75 Å². The van der Waals surface area contributed by atoms with Gasteiger partial charge in [-0.25, -0.2) is 0 Å². The van der Waals surface area contributed by atoms with Gasteiger partial charge in [-0.3, -0.25) is 14.6 Å². The van der Waals surface area contributed by atoms with Crippen molar-refractivity contribution < 1.29 is 14.3 Å². The van der Waals surface area contributed by atoms with Gasteiger partial charge in [0.2, 0.25) is 0 Å². The lowest BCUT2D eigenvalue weighted by Crippen LogP contribution is -2.38. The summed E-state index contributed by atoms with van der Waals surface area (Å²) in [6.07, 6.45) is 2.43. The lowest BCUT2D eigenvalue weighted by molar-refractivity contribution is -0.121. The molecule has 0 saturated heterocycles. The van der Waals surface area contributed by atoms with E-state index in [2.05, 4.69) is 10.3 Å². The van der Waals surface area contributed by atoms with Crippen LogP contribution in [0.4, 0.5) is 5.69 Å². The van der Waals surface area contributed by atoms with Crippen LogP contribution in [0.1, 0.15) is 27.2 Å². The zero-order chi connectivity index (χ0) is 20.9. The highest BCUT2D eigenvalue weighted by Gasteiger charge is 2.25. The third-order valence-electron chi connectivity index (χ3n) is 5.01. The summed E-state index contributed by atoms with van der Waals surface area (Å²) in [5.74, 6) is 0.516. The quantitative estimate of drug-likeness (QED) is 0.688. The second-order valence-corrected chi connectivity index (χ2v) is 7.26. The molecule has 2 heterocycles. The minimum absolute atomic E-state index is 0.0349. The fourth-order valence-electron chi connectivity index (χ4n) is 3.38. The third kappa shape index (κ3) is 4.49. The Balaban J connectivity index is 1.38. The van der Waals surface area contributed by atoms with E-state index in [9.17, 15) is 9.59 Å². The van der Waals surface area contributed by atoms with Crippen molar-refractivity contribution in [3.8, 4) is 5.75 Å². The molecule has 6 heteroatoms. The summed E-state index contributed by atoms with van der Waals surface area (Å²) >= 11 is 0.